The van der Waals surface area contributed by atoms with E-state index in [1.165, 1.54) is 0 Å². The van der Waals surface area contributed by atoms with Crippen LogP contribution in [-0.2, 0) is 11.3 Å². The first kappa shape index (κ1) is 25.7. The van der Waals surface area contributed by atoms with E-state index in [1.807, 2.05) is 73.1 Å². The van der Waals surface area contributed by atoms with Gasteiger partial charge in [-0.25, -0.2) is 4.68 Å². The molecule has 0 aliphatic carbocycles. The second-order valence-electron chi connectivity index (χ2n) is 8.39. The topological polar surface area (TPSA) is 69.0 Å². The maximum absolute atomic E-state index is 10.5. The molecule has 7 heteroatoms. The van der Waals surface area contributed by atoms with Crippen LogP contribution in [0, 0.1) is 6.92 Å². The van der Waals surface area contributed by atoms with Crippen molar-refractivity contribution in [3.63, 3.8) is 0 Å². The number of rotatable bonds is 13. The molecule has 1 aromatic heterocycles. The normalized spacial score (nSPS) is 13.1. The summed E-state index contributed by atoms with van der Waals surface area (Å²) in [6.45, 7) is 10.3. The zero-order chi connectivity index (χ0) is 24.5. The van der Waals surface area contributed by atoms with Gasteiger partial charge in [0, 0.05) is 25.7 Å². The summed E-state index contributed by atoms with van der Waals surface area (Å²) in [6.07, 6.45) is 0.395. The number of ether oxygens (including phenoxy) is 3. The van der Waals surface area contributed by atoms with E-state index in [4.69, 9.17) is 19.3 Å². The van der Waals surface area contributed by atoms with Crippen molar-refractivity contribution in [1.29, 1.82) is 0 Å². The number of para-hydroxylation sites is 1. The summed E-state index contributed by atoms with van der Waals surface area (Å²) in [6, 6.07) is 17.8. The van der Waals surface area contributed by atoms with Gasteiger partial charge in [0.1, 0.15) is 11.5 Å². The summed E-state index contributed by atoms with van der Waals surface area (Å²) < 4.78 is 19.0. The fraction of sp³-hybridized carbons (Fsp3) is 0.444. The molecule has 0 bridgehead atoms. The van der Waals surface area contributed by atoms with Gasteiger partial charge in [-0.15, -0.1) is 0 Å². The maximum Gasteiger partial charge on any atom is 0.227 e. The molecular formula is C27H37N3O4. The van der Waals surface area contributed by atoms with Crippen LogP contribution in [0.1, 0.15) is 38.4 Å². The Hall–Kier alpha value is -2.87. The lowest BCUT2D eigenvalue weighted by Crippen LogP contribution is -2.40. The number of hydrogen-bond acceptors (Lipinski definition) is 6. The molecule has 0 radical (unpaired) electrons. The molecule has 0 saturated carbocycles. The summed E-state index contributed by atoms with van der Waals surface area (Å²) in [5, 5.41) is 15.4. The number of hydrogen-bond donors (Lipinski definition) is 1. The van der Waals surface area contributed by atoms with Crippen molar-refractivity contribution in [2.24, 2.45) is 0 Å². The Morgan fingerprint density at radius 3 is 2.32 bits per heavy atom. The smallest absolute Gasteiger partial charge is 0.227 e. The van der Waals surface area contributed by atoms with Crippen LogP contribution < -0.4 is 9.47 Å². The van der Waals surface area contributed by atoms with Crippen LogP contribution >= 0.6 is 0 Å². The highest BCUT2D eigenvalue weighted by Gasteiger charge is 2.24. The standard InChI is InChI=1S/C27H37N3O4/c1-6-20(3)29(17-23(31)19-33-7-2)18-26-21(4)28-30(22-11-9-8-10-12-22)27(26)34-25-15-13-24(32-5)14-16-25/h8-16,20,23,31H,6-7,17-19H2,1-5H3/t20-,23+/m0/s1. The van der Waals surface area contributed by atoms with Gasteiger partial charge in [-0.05, 0) is 63.6 Å². The van der Waals surface area contributed by atoms with Crippen LogP contribution in [0.5, 0.6) is 17.4 Å². The molecule has 1 N–H and O–H groups in total. The van der Waals surface area contributed by atoms with E-state index in [9.17, 15) is 5.11 Å². The Morgan fingerprint density at radius 2 is 1.71 bits per heavy atom. The lowest BCUT2D eigenvalue weighted by atomic mass is 10.1. The predicted molar refractivity (Wildman–Crippen MR) is 134 cm³/mol. The van der Waals surface area contributed by atoms with Crippen LogP contribution in [0.4, 0.5) is 0 Å². The van der Waals surface area contributed by atoms with Crippen molar-refractivity contribution >= 4 is 0 Å². The number of nitrogens with zero attached hydrogens (tertiary/aromatic N) is 3. The summed E-state index contributed by atoms with van der Waals surface area (Å²) in [5.74, 6) is 2.14. The van der Waals surface area contributed by atoms with Gasteiger partial charge in [0.15, 0.2) is 0 Å². The molecule has 7 nitrogen and oxygen atoms in total. The third kappa shape index (κ3) is 6.59. The van der Waals surface area contributed by atoms with Gasteiger partial charge in [0.05, 0.1) is 36.8 Å². The third-order valence-electron chi connectivity index (χ3n) is 5.95. The van der Waals surface area contributed by atoms with E-state index >= 15 is 0 Å². The number of aliphatic hydroxyl groups excluding tert-OH is 1. The molecule has 3 aromatic rings. The van der Waals surface area contributed by atoms with E-state index in [0.717, 1.165) is 29.1 Å². The van der Waals surface area contributed by atoms with Crippen molar-refractivity contribution in [1.82, 2.24) is 14.7 Å². The van der Waals surface area contributed by atoms with Crippen LogP contribution in [0.15, 0.2) is 54.6 Å². The van der Waals surface area contributed by atoms with E-state index in [1.54, 1.807) is 7.11 Å². The van der Waals surface area contributed by atoms with Crippen LogP contribution in [0.3, 0.4) is 0 Å². The first-order valence-electron chi connectivity index (χ1n) is 11.9. The molecule has 0 fully saturated rings. The third-order valence-corrected chi connectivity index (χ3v) is 5.95. The van der Waals surface area contributed by atoms with Crippen LogP contribution in [0.2, 0.25) is 0 Å². The molecule has 2 atom stereocenters. The fourth-order valence-corrected chi connectivity index (χ4v) is 3.76. The Labute approximate surface area is 202 Å². The Bertz CT molecular complexity index is 1000. The van der Waals surface area contributed by atoms with Crippen molar-refractivity contribution in [3.05, 3.63) is 65.9 Å². The molecule has 0 aliphatic heterocycles. The number of aromatic nitrogens is 2. The minimum atomic E-state index is -0.565. The van der Waals surface area contributed by atoms with E-state index in [0.29, 0.717) is 37.9 Å². The van der Waals surface area contributed by atoms with Crippen molar-refractivity contribution in [2.75, 3.05) is 26.9 Å². The number of aliphatic hydroxyl groups is 1. The predicted octanol–water partition coefficient (Wildman–Crippen LogP) is 4.98. The highest BCUT2D eigenvalue weighted by molar-refractivity contribution is 5.44. The zero-order valence-electron chi connectivity index (χ0n) is 20.9. The highest BCUT2D eigenvalue weighted by atomic mass is 16.5. The van der Waals surface area contributed by atoms with Gasteiger partial charge >= 0.3 is 0 Å². The molecule has 3 rings (SSSR count). The number of methoxy groups -OCH3 is 1. The second kappa shape index (κ2) is 12.6. The molecule has 34 heavy (non-hydrogen) atoms. The minimum Gasteiger partial charge on any atom is -0.497 e. The number of aryl methyl sites for hydroxylation is 1. The molecule has 184 valence electrons. The molecule has 2 aromatic carbocycles. The Kier molecular flexibility index (Phi) is 9.51. The first-order chi connectivity index (χ1) is 16.5. The van der Waals surface area contributed by atoms with Gasteiger partial charge in [-0.1, -0.05) is 25.1 Å². The van der Waals surface area contributed by atoms with E-state index in [-0.39, 0.29) is 6.04 Å². The molecular weight excluding hydrogens is 430 g/mol. The highest BCUT2D eigenvalue weighted by Crippen LogP contribution is 2.33. The number of benzene rings is 2. The maximum atomic E-state index is 10.5. The Balaban J connectivity index is 1.97. The van der Waals surface area contributed by atoms with Crippen molar-refractivity contribution < 1.29 is 19.3 Å². The molecule has 0 unspecified atom stereocenters. The SMILES string of the molecule is CCOC[C@H](O)CN(Cc1c(C)nn(-c2ccccc2)c1Oc1ccc(OC)cc1)[C@@H](C)CC. The van der Waals surface area contributed by atoms with Crippen molar-refractivity contribution in [2.45, 2.75) is 52.8 Å². The summed E-state index contributed by atoms with van der Waals surface area (Å²) >= 11 is 0. The summed E-state index contributed by atoms with van der Waals surface area (Å²) in [5.41, 5.74) is 2.80. The quantitative estimate of drug-likeness (QED) is 0.382. The van der Waals surface area contributed by atoms with Crippen molar-refractivity contribution in [3.8, 4) is 23.1 Å². The lowest BCUT2D eigenvalue weighted by Gasteiger charge is -2.30. The minimum absolute atomic E-state index is 0.268. The van der Waals surface area contributed by atoms with Gasteiger partial charge in [0.25, 0.3) is 0 Å². The zero-order valence-corrected chi connectivity index (χ0v) is 20.9. The lowest BCUT2D eigenvalue weighted by molar-refractivity contribution is 0.0111. The first-order valence-corrected chi connectivity index (χ1v) is 11.9. The van der Waals surface area contributed by atoms with Gasteiger partial charge in [-0.3, -0.25) is 4.90 Å². The van der Waals surface area contributed by atoms with E-state index in [2.05, 4.69) is 18.7 Å². The van der Waals surface area contributed by atoms with Gasteiger partial charge in [0.2, 0.25) is 5.88 Å². The average Bonchev–Trinajstić information content (AvgIpc) is 3.17. The second-order valence-corrected chi connectivity index (χ2v) is 8.39. The average molecular weight is 468 g/mol. The van der Waals surface area contributed by atoms with Crippen LogP contribution in [-0.4, -0.2) is 58.8 Å². The molecule has 0 aliphatic rings. The largest absolute Gasteiger partial charge is 0.497 e. The van der Waals surface area contributed by atoms with E-state index < -0.39 is 6.10 Å². The molecule has 0 spiro atoms. The van der Waals surface area contributed by atoms with Gasteiger partial charge in [-0.2, -0.15) is 5.10 Å². The molecule has 0 amide bonds. The Morgan fingerprint density at radius 1 is 1.03 bits per heavy atom. The monoisotopic (exact) mass is 467 g/mol. The van der Waals surface area contributed by atoms with Crippen LogP contribution in [0.25, 0.3) is 5.69 Å². The fourth-order valence-electron chi connectivity index (χ4n) is 3.76. The summed E-state index contributed by atoms with van der Waals surface area (Å²) in [4.78, 5) is 2.27. The van der Waals surface area contributed by atoms with Gasteiger partial charge < -0.3 is 19.3 Å². The molecule has 1 heterocycles. The summed E-state index contributed by atoms with van der Waals surface area (Å²) in [7, 11) is 1.64. The molecule has 0 saturated heterocycles.